The highest BCUT2D eigenvalue weighted by Gasteiger charge is 2.16. The van der Waals surface area contributed by atoms with E-state index in [1.807, 2.05) is 0 Å². The second kappa shape index (κ2) is 9.75. The van der Waals surface area contributed by atoms with E-state index in [0.29, 0.717) is 6.54 Å². The molecule has 0 saturated carbocycles. The van der Waals surface area contributed by atoms with Gasteiger partial charge in [-0.25, -0.2) is 0 Å². The maximum atomic E-state index is 11.4. The predicted octanol–water partition coefficient (Wildman–Crippen LogP) is 1.39. The minimum absolute atomic E-state index is 0. The number of nitrogens with zero attached hydrogens (tertiary/aromatic N) is 2. The molecule has 1 aliphatic rings. The number of carbonyl (C=O) groups is 1. The third-order valence-corrected chi connectivity index (χ3v) is 4.10. The normalized spacial score (nSPS) is 16.6. The lowest BCUT2D eigenvalue weighted by Crippen LogP contribution is -2.47. The molecule has 6 heteroatoms. The van der Waals surface area contributed by atoms with E-state index in [-0.39, 0.29) is 18.3 Å². The molecule has 1 fully saturated rings. The van der Waals surface area contributed by atoms with E-state index >= 15 is 0 Å². The summed E-state index contributed by atoms with van der Waals surface area (Å²) in [6, 6.07) is 8.28. The van der Waals surface area contributed by atoms with Gasteiger partial charge < -0.3 is 16.0 Å². The number of amides is 1. The molecule has 1 atom stereocenters. The number of hydrogen-bond acceptors (Lipinski definition) is 4. The summed E-state index contributed by atoms with van der Waals surface area (Å²) in [5.41, 5.74) is 8.15. The largest absolute Gasteiger partial charge is 0.369 e. The third kappa shape index (κ3) is 6.37. The molecule has 0 aromatic heterocycles. The molecule has 130 valence electrons. The van der Waals surface area contributed by atoms with Crippen LogP contribution < -0.4 is 16.0 Å². The van der Waals surface area contributed by atoms with E-state index in [0.717, 1.165) is 39.1 Å². The zero-order valence-corrected chi connectivity index (χ0v) is 14.9. The Bertz CT molecular complexity index is 487. The van der Waals surface area contributed by atoms with Crippen LogP contribution in [0, 0.1) is 6.92 Å². The van der Waals surface area contributed by atoms with Gasteiger partial charge in [-0.1, -0.05) is 12.1 Å². The van der Waals surface area contributed by atoms with Crippen molar-refractivity contribution in [1.29, 1.82) is 0 Å². The van der Waals surface area contributed by atoms with Crippen molar-refractivity contribution < 1.29 is 4.79 Å². The molecule has 0 radical (unpaired) electrons. The van der Waals surface area contributed by atoms with Crippen molar-refractivity contribution in [1.82, 2.24) is 10.2 Å². The first-order valence-corrected chi connectivity index (χ1v) is 8.13. The number of nitrogens with two attached hydrogens (primary N) is 1. The van der Waals surface area contributed by atoms with E-state index in [1.54, 1.807) is 6.92 Å². The van der Waals surface area contributed by atoms with Gasteiger partial charge in [0.2, 0.25) is 5.91 Å². The standard InChI is InChI=1S/C17H28N4O.ClH/c1-14-5-3-6-16(13-14)21-11-9-20(10-12-21)8-4-7-19-17(22)15(2)18;/h3,5-6,13,15H,4,7-12,18H2,1-2H3,(H,19,22);1H. The number of anilines is 1. The van der Waals surface area contributed by atoms with Crippen LogP contribution in [-0.2, 0) is 4.79 Å². The van der Waals surface area contributed by atoms with E-state index < -0.39 is 6.04 Å². The second-order valence-corrected chi connectivity index (χ2v) is 6.10. The molecule has 5 nitrogen and oxygen atoms in total. The molecule has 1 aromatic rings. The van der Waals surface area contributed by atoms with Crippen LogP contribution in [0.2, 0.25) is 0 Å². The van der Waals surface area contributed by atoms with Crippen molar-refractivity contribution in [3.8, 4) is 0 Å². The van der Waals surface area contributed by atoms with Crippen LogP contribution in [0.3, 0.4) is 0 Å². The number of benzene rings is 1. The molecular formula is C17H29ClN4O. The molecule has 0 spiro atoms. The molecule has 1 aromatic carbocycles. The Balaban J connectivity index is 0.00000264. The average Bonchev–Trinajstić information content (AvgIpc) is 2.52. The van der Waals surface area contributed by atoms with Crippen LogP contribution >= 0.6 is 12.4 Å². The average molecular weight is 341 g/mol. The molecule has 2 rings (SSSR count). The highest BCUT2D eigenvalue weighted by molar-refractivity contribution is 5.85. The summed E-state index contributed by atoms with van der Waals surface area (Å²) in [5, 5.41) is 2.86. The van der Waals surface area contributed by atoms with Gasteiger partial charge in [-0.3, -0.25) is 9.69 Å². The molecule has 1 amide bonds. The zero-order valence-electron chi connectivity index (χ0n) is 14.1. The number of halogens is 1. The zero-order chi connectivity index (χ0) is 15.9. The third-order valence-electron chi connectivity index (χ3n) is 4.10. The quantitative estimate of drug-likeness (QED) is 0.768. The Morgan fingerprint density at radius 1 is 1.30 bits per heavy atom. The van der Waals surface area contributed by atoms with Gasteiger partial charge in [-0.05, 0) is 44.5 Å². The fourth-order valence-corrected chi connectivity index (χ4v) is 2.73. The van der Waals surface area contributed by atoms with Crippen LogP contribution in [-0.4, -0.2) is 56.1 Å². The molecule has 3 N–H and O–H groups in total. The second-order valence-electron chi connectivity index (χ2n) is 6.10. The van der Waals surface area contributed by atoms with Gasteiger partial charge in [0.05, 0.1) is 6.04 Å². The SMILES string of the molecule is Cc1cccc(N2CCN(CCCNC(=O)C(C)N)CC2)c1.Cl. The van der Waals surface area contributed by atoms with Crippen LogP contribution in [0.5, 0.6) is 0 Å². The van der Waals surface area contributed by atoms with Crippen molar-refractivity contribution in [2.75, 3.05) is 44.2 Å². The number of hydrogen-bond donors (Lipinski definition) is 2. The van der Waals surface area contributed by atoms with Crippen molar-refractivity contribution in [2.24, 2.45) is 5.73 Å². The fourth-order valence-electron chi connectivity index (χ4n) is 2.73. The van der Waals surface area contributed by atoms with Crippen molar-refractivity contribution in [3.63, 3.8) is 0 Å². The number of carbonyl (C=O) groups excluding carboxylic acids is 1. The summed E-state index contributed by atoms with van der Waals surface area (Å²) in [6.07, 6.45) is 0.975. The molecule has 0 aliphatic carbocycles. The summed E-state index contributed by atoms with van der Waals surface area (Å²) in [4.78, 5) is 16.3. The predicted molar refractivity (Wildman–Crippen MR) is 98.4 cm³/mol. The summed E-state index contributed by atoms with van der Waals surface area (Å²) in [7, 11) is 0. The monoisotopic (exact) mass is 340 g/mol. The lowest BCUT2D eigenvalue weighted by molar-refractivity contribution is -0.121. The fraction of sp³-hybridized carbons (Fsp3) is 0.588. The van der Waals surface area contributed by atoms with E-state index in [9.17, 15) is 4.79 Å². The summed E-state index contributed by atoms with van der Waals surface area (Å²) >= 11 is 0. The number of rotatable bonds is 6. The molecule has 1 unspecified atom stereocenters. The summed E-state index contributed by atoms with van der Waals surface area (Å²) < 4.78 is 0. The first-order valence-electron chi connectivity index (χ1n) is 8.13. The molecule has 1 aliphatic heterocycles. The Morgan fingerprint density at radius 3 is 2.61 bits per heavy atom. The minimum atomic E-state index is -0.419. The number of nitrogens with one attached hydrogen (secondary N) is 1. The van der Waals surface area contributed by atoms with E-state index in [4.69, 9.17) is 5.73 Å². The highest BCUT2D eigenvalue weighted by atomic mass is 35.5. The molecular weight excluding hydrogens is 312 g/mol. The maximum Gasteiger partial charge on any atom is 0.236 e. The summed E-state index contributed by atoms with van der Waals surface area (Å²) in [5.74, 6) is -0.0655. The molecule has 0 bridgehead atoms. The minimum Gasteiger partial charge on any atom is -0.369 e. The smallest absolute Gasteiger partial charge is 0.236 e. The van der Waals surface area contributed by atoms with Gasteiger partial charge in [0.15, 0.2) is 0 Å². The van der Waals surface area contributed by atoms with Crippen molar-refractivity contribution >= 4 is 24.0 Å². The van der Waals surface area contributed by atoms with Crippen LogP contribution in [0.25, 0.3) is 0 Å². The Labute approximate surface area is 145 Å². The van der Waals surface area contributed by atoms with Gasteiger partial charge in [-0.2, -0.15) is 0 Å². The van der Waals surface area contributed by atoms with Gasteiger partial charge in [0.25, 0.3) is 0 Å². The Morgan fingerprint density at radius 2 is 2.00 bits per heavy atom. The Hall–Kier alpha value is -1.30. The highest BCUT2D eigenvalue weighted by Crippen LogP contribution is 2.17. The van der Waals surface area contributed by atoms with Gasteiger partial charge in [-0.15, -0.1) is 12.4 Å². The number of piperazine rings is 1. The van der Waals surface area contributed by atoms with E-state index in [1.165, 1.54) is 11.3 Å². The lowest BCUT2D eigenvalue weighted by atomic mass is 10.2. The first-order chi connectivity index (χ1) is 10.6. The molecule has 1 heterocycles. The van der Waals surface area contributed by atoms with Crippen molar-refractivity contribution in [3.05, 3.63) is 29.8 Å². The number of aryl methyl sites for hydroxylation is 1. The van der Waals surface area contributed by atoms with Gasteiger partial charge in [0, 0.05) is 38.4 Å². The Kier molecular flexibility index (Phi) is 8.37. The van der Waals surface area contributed by atoms with Crippen LogP contribution in [0.15, 0.2) is 24.3 Å². The topological polar surface area (TPSA) is 61.6 Å². The molecule has 23 heavy (non-hydrogen) atoms. The van der Waals surface area contributed by atoms with Crippen LogP contribution in [0.1, 0.15) is 18.9 Å². The van der Waals surface area contributed by atoms with Gasteiger partial charge >= 0.3 is 0 Å². The summed E-state index contributed by atoms with van der Waals surface area (Å²) in [6.45, 7) is 9.87. The molecule has 1 saturated heterocycles. The van der Waals surface area contributed by atoms with Crippen molar-refractivity contribution in [2.45, 2.75) is 26.3 Å². The maximum absolute atomic E-state index is 11.4. The van der Waals surface area contributed by atoms with E-state index in [2.05, 4.69) is 46.3 Å². The lowest BCUT2D eigenvalue weighted by Gasteiger charge is -2.36. The van der Waals surface area contributed by atoms with Crippen LogP contribution in [0.4, 0.5) is 5.69 Å². The van der Waals surface area contributed by atoms with Gasteiger partial charge in [0.1, 0.15) is 0 Å². The first kappa shape index (κ1) is 19.7.